The molecule has 0 atom stereocenters. The van der Waals surface area contributed by atoms with Gasteiger partial charge in [0, 0.05) is 17.8 Å². The highest BCUT2D eigenvalue weighted by Crippen LogP contribution is 2.23. The van der Waals surface area contributed by atoms with E-state index in [0.717, 1.165) is 36.3 Å². The molecule has 0 amide bonds. The molecule has 0 bridgehead atoms. The third-order valence-corrected chi connectivity index (χ3v) is 3.58. The van der Waals surface area contributed by atoms with Crippen molar-refractivity contribution in [3.63, 3.8) is 0 Å². The quantitative estimate of drug-likeness (QED) is 0.908. The molecule has 2 rings (SSSR count). The smallest absolute Gasteiger partial charge is 0.123 e. The van der Waals surface area contributed by atoms with Crippen LogP contribution < -0.4 is 5.32 Å². The zero-order valence-electron chi connectivity index (χ0n) is 12.6. The lowest BCUT2D eigenvalue weighted by atomic mass is 10.1. The normalized spacial score (nSPS) is 11.1. The first kappa shape index (κ1) is 14.7. The summed E-state index contributed by atoms with van der Waals surface area (Å²) in [7, 11) is 1.94. The van der Waals surface area contributed by atoms with Gasteiger partial charge in [0.05, 0.1) is 11.4 Å². The van der Waals surface area contributed by atoms with Crippen LogP contribution >= 0.6 is 0 Å². The van der Waals surface area contributed by atoms with Crippen LogP contribution in [0.4, 0.5) is 4.39 Å². The molecule has 0 saturated heterocycles. The van der Waals surface area contributed by atoms with E-state index in [2.05, 4.69) is 19.2 Å². The summed E-state index contributed by atoms with van der Waals surface area (Å²) in [5, 5.41) is 7.94. The summed E-state index contributed by atoms with van der Waals surface area (Å²) in [6, 6.07) is 4.85. The molecule has 108 valence electrons. The number of rotatable bonds is 5. The number of aromatic nitrogens is 2. The fraction of sp³-hybridized carbons (Fsp3) is 0.438. The van der Waals surface area contributed by atoms with Gasteiger partial charge in [0.25, 0.3) is 0 Å². The average Bonchev–Trinajstić information content (AvgIpc) is 2.77. The van der Waals surface area contributed by atoms with Crippen molar-refractivity contribution in [2.45, 2.75) is 40.2 Å². The lowest BCUT2D eigenvalue weighted by Gasteiger charge is -2.10. The summed E-state index contributed by atoms with van der Waals surface area (Å²) < 4.78 is 15.2. The van der Waals surface area contributed by atoms with Crippen LogP contribution in [0.3, 0.4) is 0 Å². The Morgan fingerprint density at radius 1 is 1.25 bits per heavy atom. The second-order valence-electron chi connectivity index (χ2n) is 4.95. The number of hydrogen-bond acceptors (Lipinski definition) is 2. The topological polar surface area (TPSA) is 29.9 Å². The molecule has 0 saturated carbocycles. The van der Waals surface area contributed by atoms with Gasteiger partial charge in [0.15, 0.2) is 0 Å². The van der Waals surface area contributed by atoms with Crippen LogP contribution in [-0.4, -0.2) is 16.8 Å². The molecule has 1 aromatic carbocycles. The largest absolute Gasteiger partial charge is 0.316 e. The SMILES string of the molecule is CCc1nn(-c2ccc(F)cc2C)c(CC)c1CNC. The van der Waals surface area contributed by atoms with Crippen LogP contribution in [0.1, 0.15) is 36.4 Å². The molecule has 0 fully saturated rings. The highest BCUT2D eigenvalue weighted by atomic mass is 19.1. The Morgan fingerprint density at radius 2 is 2.00 bits per heavy atom. The predicted octanol–water partition coefficient (Wildman–Crippen LogP) is 3.16. The van der Waals surface area contributed by atoms with E-state index in [-0.39, 0.29) is 5.82 Å². The summed E-state index contributed by atoms with van der Waals surface area (Å²) in [6.07, 6.45) is 1.80. The number of nitrogens with zero attached hydrogens (tertiary/aromatic N) is 2. The van der Waals surface area contributed by atoms with E-state index >= 15 is 0 Å². The lowest BCUT2D eigenvalue weighted by molar-refractivity contribution is 0.625. The van der Waals surface area contributed by atoms with Crippen LogP contribution in [0, 0.1) is 12.7 Å². The van der Waals surface area contributed by atoms with Crippen LogP contribution in [-0.2, 0) is 19.4 Å². The molecule has 0 aliphatic rings. The van der Waals surface area contributed by atoms with E-state index in [0.29, 0.717) is 0 Å². The van der Waals surface area contributed by atoms with E-state index in [1.54, 1.807) is 12.1 Å². The fourth-order valence-electron chi connectivity index (χ4n) is 2.62. The average molecular weight is 275 g/mol. The first-order chi connectivity index (χ1) is 9.62. The maximum atomic E-state index is 13.3. The molecule has 3 nitrogen and oxygen atoms in total. The van der Waals surface area contributed by atoms with Crippen molar-refractivity contribution in [3.05, 3.63) is 46.5 Å². The van der Waals surface area contributed by atoms with E-state index in [4.69, 9.17) is 5.10 Å². The molecule has 20 heavy (non-hydrogen) atoms. The molecule has 4 heteroatoms. The molecule has 0 unspecified atom stereocenters. The van der Waals surface area contributed by atoms with Gasteiger partial charge in [-0.2, -0.15) is 5.10 Å². The molecular formula is C16H22FN3. The fourth-order valence-corrected chi connectivity index (χ4v) is 2.62. The standard InChI is InChI=1S/C16H22FN3/c1-5-14-13(10-18-4)15(6-2)20(19-14)16-8-7-12(17)9-11(16)3/h7-9,18H,5-6,10H2,1-4H3. The Labute approximate surface area is 119 Å². The summed E-state index contributed by atoms with van der Waals surface area (Å²) in [5.41, 5.74) is 5.44. The van der Waals surface area contributed by atoms with Gasteiger partial charge in [-0.1, -0.05) is 13.8 Å². The van der Waals surface area contributed by atoms with E-state index in [1.807, 2.05) is 18.7 Å². The minimum atomic E-state index is -0.206. The Hall–Kier alpha value is -1.68. The molecule has 0 spiro atoms. The van der Waals surface area contributed by atoms with Crippen LogP contribution in [0.25, 0.3) is 5.69 Å². The lowest BCUT2D eigenvalue weighted by Crippen LogP contribution is -2.10. The molecule has 1 aromatic heterocycles. The molecule has 0 radical (unpaired) electrons. The van der Waals surface area contributed by atoms with E-state index in [9.17, 15) is 4.39 Å². The molecule has 0 aliphatic heterocycles. The Morgan fingerprint density at radius 3 is 2.55 bits per heavy atom. The van der Waals surface area contributed by atoms with Crippen LogP contribution in [0.5, 0.6) is 0 Å². The summed E-state index contributed by atoms with van der Waals surface area (Å²) in [5.74, 6) is -0.206. The predicted molar refractivity (Wildman–Crippen MR) is 79.8 cm³/mol. The van der Waals surface area contributed by atoms with Crippen molar-refractivity contribution in [2.75, 3.05) is 7.05 Å². The Bertz CT molecular complexity index is 602. The van der Waals surface area contributed by atoms with Crippen molar-refractivity contribution < 1.29 is 4.39 Å². The number of halogens is 1. The second kappa shape index (κ2) is 6.18. The molecule has 1 heterocycles. The van der Waals surface area contributed by atoms with Crippen molar-refractivity contribution in [2.24, 2.45) is 0 Å². The van der Waals surface area contributed by atoms with Gasteiger partial charge in [0.2, 0.25) is 0 Å². The highest BCUT2D eigenvalue weighted by molar-refractivity contribution is 5.43. The first-order valence-electron chi connectivity index (χ1n) is 7.13. The van der Waals surface area contributed by atoms with Crippen molar-refractivity contribution in [3.8, 4) is 5.69 Å². The minimum Gasteiger partial charge on any atom is -0.316 e. The monoisotopic (exact) mass is 275 g/mol. The molecule has 1 N–H and O–H groups in total. The number of aryl methyl sites for hydroxylation is 2. The number of benzene rings is 1. The van der Waals surface area contributed by atoms with Crippen molar-refractivity contribution in [1.29, 1.82) is 0 Å². The van der Waals surface area contributed by atoms with Crippen molar-refractivity contribution >= 4 is 0 Å². The van der Waals surface area contributed by atoms with Gasteiger partial charge in [-0.25, -0.2) is 9.07 Å². The zero-order chi connectivity index (χ0) is 14.7. The third kappa shape index (κ3) is 2.61. The number of hydrogen-bond donors (Lipinski definition) is 1. The van der Waals surface area contributed by atoms with Gasteiger partial charge in [-0.3, -0.25) is 0 Å². The van der Waals surface area contributed by atoms with Gasteiger partial charge in [0.1, 0.15) is 5.82 Å². The van der Waals surface area contributed by atoms with Gasteiger partial charge in [-0.05, 0) is 50.6 Å². The van der Waals surface area contributed by atoms with E-state index < -0.39 is 0 Å². The summed E-state index contributed by atoms with van der Waals surface area (Å²) >= 11 is 0. The Kier molecular flexibility index (Phi) is 4.55. The van der Waals surface area contributed by atoms with Gasteiger partial charge < -0.3 is 5.32 Å². The van der Waals surface area contributed by atoms with Gasteiger partial charge in [-0.15, -0.1) is 0 Å². The molecular weight excluding hydrogens is 253 g/mol. The second-order valence-corrected chi connectivity index (χ2v) is 4.95. The molecule has 2 aromatic rings. The van der Waals surface area contributed by atoms with Gasteiger partial charge >= 0.3 is 0 Å². The highest BCUT2D eigenvalue weighted by Gasteiger charge is 2.17. The zero-order valence-corrected chi connectivity index (χ0v) is 12.6. The Balaban J connectivity index is 2.61. The summed E-state index contributed by atoms with van der Waals surface area (Å²) in [4.78, 5) is 0. The maximum Gasteiger partial charge on any atom is 0.123 e. The maximum absolute atomic E-state index is 13.3. The van der Waals surface area contributed by atoms with Crippen LogP contribution in [0.2, 0.25) is 0 Å². The van der Waals surface area contributed by atoms with E-state index in [1.165, 1.54) is 17.3 Å². The van der Waals surface area contributed by atoms with Crippen molar-refractivity contribution in [1.82, 2.24) is 15.1 Å². The summed E-state index contributed by atoms with van der Waals surface area (Å²) in [6.45, 7) is 6.98. The first-order valence-corrected chi connectivity index (χ1v) is 7.13. The molecule has 0 aliphatic carbocycles. The minimum absolute atomic E-state index is 0.206. The third-order valence-electron chi connectivity index (χ3n) is 3.58. The van der Waals surface area contributed by atoms with Crippen LogP contribution in [0.15, 0.2) is 18.2 Å². The number of nitrogens with one attached hydrogen (secondary N) is 1.